The number of halogens is 1. The van der Waals surface area contributed by atoms with Crippen LogP contribution in [0, 0.1) is 12.7 Å². The molecular weight excluding hydrogens is 217 g/mol. The lowest BCUT2D eigenvalue weighted by Gasteiger charge is -2.16. The van der Waals surface area contributed by atoms with Crippen LogP contribution in [0.1, 0.15) is 23.9 Å². The van der Waals surface area contributed by atoms with Crippen molar-refractivity contribution < 1.29 is 14.6 Å². The maximum Gasteiger partial charge on any atom is 0.144 e. The van der Waals surface area contributed by atoms with Crippen LogP contribution in [0.25, 0.3) is 0 Å². The zero-order chi connectivity index (χ0) is 11.4. The molecule has 5 heteroatoms. The van der Waals surface area contributed by atoms with E-state index in [2.05, 4.69) is 17.6 Å². The van der Waals surface area contributed by atoms with Crippen LogP contribution in [-0.2, 0) is 0 Å². The molecule has 0 radical (unpaired) electrons. The highest BCUT2D eigenvalue weighted by Crippen LogP contribution is 2.18. The van der Waals surface area contributed by atoms with E-state index >= 15 is 0 Å². The fraction of sp³-hybridized carbons (Fsp3) is 0.500. The van der Waals surface area contributed by atoms with Crippen molar-refractivity contribution in [3.8, 4) is 0 Å². The van der Waals surface area contributed by atoms with Crippen LogP contribution in [0.5, 0.6) is 0 Å². The van der Waals surface area contributed by atoms with Crippen LogP contribution in [-0.4, -0.2) is 27.1 Å². The third-order valence-electron chi connectivity index (χ3n) is 2.14. The zero-order valence-electron chi connectivity index (χ0n) is 8.39. The van der Waals surface area contributed by atoms with Gasteiger partial charge in [-0.3, -0.25) is 4.98 Å². The van der Waals surface area contributed by atoms with E-state index in [1.165, 1.54) is 19.1 Å². The molecule has 1 heterocycles. The van der Waals surface area contributed by atoms with Crippen LogP contribution >= 0.6 is 12.6 Å². The van der Waals surface area contributed by atoms with Crippen molar-refractivity contribution in [2.75, 3.05) is 5.75 Å². The van der Waals surface area contributed by atoms with Gasteiger partial charge in [0.05, 0.1) is 17.5 Å². The van der Waals surface area contributed by atoms with Gasteiger partial charge in [0.15, 0.2) is 0 Å². The van der Waals surface area contributed by atoms with Gasteiger partial charge in [-0.2, -0.15) is 12.6 Å². The summed E-state index contributed by atoms with van der Waals surface area (Å²) < 4.78 is 12.9. The van der Waals surface area contributed by atoms with E-state index in [1.54, 1.807) is 0 Å². The Balaban J connectivity index is 2.81. The van der Waals surface area contributed by atoms with Gasteiger partial charge in [0.1, 0.15) is 11.9 Å². The van der Waals surface area contributed by atoms with Gasteiger partial charge in [-0.25, -0.2) is 4.39 Å². The van der Waals surface area contributed by atoms with E-state index in [0.717, 1.165) is 0 Å². The number of nitrogens with zero attached hydrogens (tertiary/aromatic N) is 1. The first-order valence-corrected chi connectivity index (χ1v) is 5.29. The molecule has 0 aliphatic rings. The molecule has 84 valence electrons. The van der Waals surface area contributed by atoms with Gasteiger partial charge in [0.2, 0.25) is 0 Å². The van der Waals surface area contributed by atoms with Gasteiger partial charge in [-0.05, 0) is 31.2 Å². The number of aliphatic hydroxyl groups excluding tert-OH is 2. The van der Waals surface area contributed by atoms with Gasteiger partial charge >= 0.3 is 0 Å². The van der Waals surface area contributed by atoms with Crippen molar-refractivity contribution in [1.29, 1.82) is 0 Å². The molecular formula is C10H14FNO2S. The molecule has 0 aliphatic heterocycles. The summed E-state index contributed by atoms with van der Waals surface area (Å²) in [5.41, 5.74) is 0.493. The summed E-state index contributed by atoms with van der Waals surface area (Å²) in [4.78, 5) is 3.87. The molecule has 1 aromatic rings. The van der Waals surface area contributed by atoms with Gasteiger partial charge in [0.25, 0.3) is 0 Å². The molecule has 0 aliphatic carbocycles. The molecule has 0 saturated heterocycles. The molecule has 0 spiro atoms. The highest BCUT2D eigenvalue weighted by molar-refractivity contribution is 7.80. The maximum absolute atomic E-state index is 12.9. The predicted molar refractivity (Wildman–Crippen MR) is 58.4 cm³/mol. The summed E-state index contributed by atoms with van der Waals surface area (Å²) in [7, 11) is 0. The normalized spacial score (nSPS) is 15.0. The molecule has 0 fully saturated rings. The highest BCUT2D eigenvalue weighted by atomic mass is 32.1. The van der Waals surface area contributed by atoms with Gasteiger partial charge in [-0.15, -0.1) is 0 Å². The molecule has 0 aromatic carbocycles. The molecule has 2 atom stereocenters. The minimum atomic E-state index is -1.09. The summed E-state index contributed by atoms with van der Waals surface area (Å²) in [6.07, 6.45) is -1.64. The standard InChI is InChI=1S/C10H14FNO2S/c1-6-7(11)2-3-8(12-6)10(14)9(13)4-5-15/h2-3,9-10,13-15H,4-5H2,1H3. The Hall–Kier alpha value is -0.650. The molecule has 2 N–H and O–H groups in total. The van der Waals surface area contributed by atoms with Crippen LogP contribution in [0.2, 0.25) is 0 Å². The molecule has 1 aromatic heterocycles. The Morgan fingerprint density at radius 2 is 2.13 bits per heavy atom. The molecule has 0 amide bonds. The first-order valence-electron chi connectivity index (χ1n) is 4.66. The zero-order valence-corrected chi connectivity index (χ0v) is 9.28. The summed E-state index contributed by atoms with van der Waals surface area (Å²) in [6.45, 7) is 1.51. The van der Waals surface area contributed by atoms with Crippen molar-refractivity contribution in [2.45, 2.75) is 25.6 Å². The highest BCUT2D eigenvalue weighted by Gasteiger charge is 2.19. The quantitative estimate of drug-likeness (QED) is 0.683. The van der Waals surface area contributed by atoms with Gasteiger partial charge < -0.3 is 10.2 Å². The predicted octanol–water partition coefficient (Wildman–Crippen LogP) is 1.24. The summed E-state index contributed by atoms with van der Waals surface area (Å²) in [5, 5.41) is 19.2. The lowest BCUT2D eigenvalue weighted by Crippen LogP contribution is -2.20. The Morgan fingerprint density at radius 3 is 2.67 bits per heavy atom. The average Bonchev–Trinajstić information content (AvgIpc) is 2.21. The monoisotopic (exact) mass is 231 g/mol. The largest absolute Gasteiger partial charge is 0.390 e. The fourth-order valence-corrected chi connectivity index (χ4v) is 1.48. The number of aryl methyl sites for hydroxylation is 1. The first-order chi connectivity index (χ1) is 7.06. The Kier molecular flexibility index (Phi) is 4.50. The number of thiol groups is 1. The molecule has 2 unspecified atom stereocenters. The van der Waals surface area contributed by atoms with Crippen molar-refractivity contribution in [3.63, 3.8) is 0 Å². The third kappa shape index (κ3) is 3.15. The van der Waals surface area contributed by atoms with Crippen molar-refractivity contribution in [2.24, 2.45) is 0 Å². The molecule has 15 heavy (non-hydrogen) atoms. The second-order valence-electron chi connectivity index (χ2n) is 3.33. The Morgan fingerprint density at radius 1 is 1.47 bits per heavy atom. The molecule has 0 bridgehead atoms. The van der Waals surface area contributed by atoms with E-state index in [4.69, 9.17) is 0 Å². The number of rotatable bonds is 4. The van der Waals surface area contributed by atoms with Crippen LogP contribution in [0.4, 0.5) is 4.39 Å². The smallest absolute Gasteiger partial charge is 0.144 e. The Labute approximate surface area is 93.4 Å². The van der Waals surface area contributed by atoms with Crippen LogP contribution < -0.4 is 0 Å². The maximum atomic E-state index is 12.9. The summed E-state index contributed by atoms with van der Waals surface area (Å²) in [5.74, 6) is 0.0490. The summed E-state index contributed by atoms with van der Waals surface area (Å²) in [6, 6.07) is 2.60. The lowest BCUT2D eigenvalue weighted by atomic mass is 10.1. The van der Waals surface area contributed by atoms with E-state index in [-0.39, 0.29) is 11.4 Å². The number of hydrogen-bond acceptors (Lipinski definition) is 4. The number of aromatic nitrogens is 1. The van der Waals surface area contributed by atoms with Gasteiger partial charge in [-0.1, -0.05) is 0 Å². The van der Waals surface area contributed by atoms with Crippen molar-refractivity contribution in [3.05, 3.63) is 29.3 Å². The number of aliphatic hydroxyl groups is 2. The number of hydrogen-bond donors (Lipinski definition) is 3. The first kappa shape index (κ1) is 12.4. The SMILES string of the molecule is Cc1nc(C(O)C(O)CCS)ccc1F. The molecule has 3 nitrogen and oxygen atoms in total. The summed E-state index contributed by atoms with van der Waals surface area (Å²) >= 11 is 3.95. The van der Waals surface area contributed by atoms with Crippen LogP contribution in [0.3, 0.4) is 0 Å². The second-order valence-corrected chi connectivity index (χ2v) is 3.78. The van der Waals surface area contributed by atoms with Gasteiger partial charge in [0, 0.05) is 0 Å². The fourth-order valence-electron chi connectivity index (χ4n) is 1.22. The topological polar surface area (TPSA) is 53.4 Å². The Bertz CT molecular complexity index is 335. The second kappa shape index (κ2) is 5.44. The molecule has 1 rings (SSSR count). The van der Waals surface area contributed by atoms with E-state index in [0.29, 0.717) is 12.2 Å². The van der Waals surface area contributed by atoms with Crippen molar-refractivity contribution in [1.82, 2.24) is 4.98 Å². The lowest BCUT2D eigenvalue weighted by molar-refractivity contribution is 0.0145. The van der Waals surface area contributed by atoms with E-state index in [9.17, 15) is 14.6 Å². The van der Waals surface area contributed by atoms with E-state index in [1.807, 2.05) is 0 Å². The average molecular weight is 231 g/mol. The minimum absolute atomic E-state index is 0.213. The van der Waals surface area contributed by atoms with Crippen LogP contribution in [0.15, 0.2) is 12.1 Å². The van der Waals surface area contributed by atoms with Crippen molar-refractivity contribution >= 4 is 12.6 Å². The number of pyridine rings is 1. The van der Waals surface area contributed by atoms with E-state index < -0.39 is 18.0 Å². The molecule has 0 saturated carbocycles. The third-order valence-corrected chi connectivity index (χ3v) is 2.39. The minimum Gasteiger partial charge on any atom is -0.390 e.